The summed E-state index contributed by atoms with van der Waals surface area (Å²) in [5.41, 5.74) is 22.3. The molecule has 0 bridgehead atoms. The molecule has 0 radical (unpaired) electrons. The number of aliphatic carboxylic acids is 2. The molecule has 4 rings (SSSR count). The molecule has 7 amide bonds. The number of rotatable bonds is 26. The fourth-order valence-corrected chi connectivity index (χ4v) is 8.95. The van der Waals surface area contributed by atoms with Gasteiger partial charge in [0, 0.05) is 53.2 Å². The van der Waals surface area contributed by atoms with Gasteiger partial charge in [-0.3, -0.25) is 57.7 Å². The number of carboxylic acids is 2. The maximum Gasteiger partial charge on any atom is 0.326 e. The molecule has 0 saturated carbocycles. The summed E-state index contributed by atoms with van der Waals surface area (Å²) >= 11 is 0. The van der Waals surface area contributed by atoms with Gasteiger partial charge in [0.05, 0.1) is 37.6 Å². The summed E-state index contributed by atoms with van der Waals surface area (Å²) in [6.07, 6.45) is -9.73. The number of ether oxygens (including phenoxy) is 5. The third-order valence-corrected chi connectivity index (χ3v) is 12.3. The maximum absolute atomic E-state index is 14.6. The molecule has 30 nitrogen and oxygen atoms in total. The fraction of sp³-hybridized carbons (Fsp3) is 0.596. The first-order valence-corrected chi connectivity index (χ1v) is 24.4. The van der Waals surface area contributed by atoms with Gasteiger partial charge >= 0.3 is 29.8 Å². The van der Waals surface area contributed by atoms with Crippen molar-refractivity contribution in [2.45, 2.75) is 152 Å². The predicted molar refractivity (Wildman–Crippen MR) is 261 cm³/mol. The minimum atomic E-state index is -1.90. The van der Waals surface area contributed by atoms with Crippen molar-refractivity contribution in [3.8, 4) is 0 Å². The summed E-state index contributed by atoms with van der Waals surface area (Å²) < 4.78 is 28.3. The number of carbonyl (C=O) groups excluding carboxylic acids is 10. The second-order valence-corrected chi connectivity index (χ2v) is 18.4. The number of benzene rings is 1. The zero-order chi connectivity index (χ0) is 57.3. The van der Waals surface area contributed by atoms with Crippen LogP contribution < -0.4 is 44.2 Å². The number of guanidine groups is 1. The molecular formula is C47H67N11O19. The van der Waals surface area contributed by atoms with E-state index in [2.05, 4.69) is 26.3 Å². The highest BCUT2D eigenvalue weighted by molar-refractivity contribution is 5.97. The molecule has 1 aromatic carbocycles. The van der Waals surface area contributed by atoms with Crippen LogP contribution in [0.25, 0.3) is 0 Å². The molecule has 3 fully saturated rings. The van der Waals surface area contributed by atoms with E-state index in [4.69, 9.17) is 46.6 Å². The third-order valence-electron chi connectivity index (χ3n) is 12.3. The molecule has 12 atom stereocenters. The van der Waals surface area contributed by atoms with Crippen molar-refractivity contribution in [1.82, 2.24) is 31.1 Å². The number of nitrogens with zero attached hydrogens (tertiary/aromatic N) is 3. The van der Waals surface area contributed by atoms with E-state index in [1.807, 2.05) is 0 Å². The van der Waals surface area contributed by atoms with Crippen LogP contribution in [0, 0.1) is 0 Å². The monoisotopic (exact) mass is 1090 g/mol. The summed E-state index contributed by atoms with van der Waals surface area (Å²) in [7, 11) is 0. The Morgan fingerprint density at radius 3 is 2.00 bits per heavy atom. The number of carbonyl (C=O) groups is 12. The van der Waals surface area contributed by atoms with Crippen LogP contribution in [-0.2, 0) is 87.6 Å². The van der Waals surface area contributed by atoms with Crippen LogP contribution in [0.4, 0.5) is 0 Å². The lowest BCUT2D eigenvalue weighted by molar-refractivity contribution is -0.309. The highest BCUT2D eigenvalue weighted by Gasteiger charge is 2.53. The molecule has 0 aliphatic carbocycles. The largest absolute Gasteiger partial charge is 0.481 e. The second kappa shape index (κ2) is 28.8. The van der Waals surface area contributed by atoms with Crippen LogP contribution in [0.2, 0.25) is 0 Å². The van der Waals surface area contributed by atoms with Crippen molar-refractivity contribution in [1.29, 1.82) is 0 Å². The van der Waals surface area contributed by atoms with Crippen LogP contribution in [0.15, 0.2) is 35.3 Å². The van der Waals surface area contributed by atoms with Crippen molar-refractivity contribution in [2.24, 2.45) is 27.9 Å². The van der Waals surface area contributed by atoms with Crippen molar-refractivity contribution >= 4 is 77.2 Å². The van der Waals surface area contributed by atoms with Crippen LogP contribution >= 0.6 is 0 Å². The zero-order valence-corrected chi connectivity index (χ0v) is 42.8. The Morgan fingerprint density at radius 2 is 1.40 bits per heavy atom. The van der Waals surface area contributed by atoms with Crippen molar-refractivity contribution in [2.75, 3.05) is 26.2 Å². The van der Waals surface area contributed by atoms with Crippen LogP contribution in [-0.4, -0.2) is 196 Å². The van der Waals surface area contributed by atoms with Crippen molar-refractivity contribution < 1.29 is 91.4 Å². The molecule has 77 heavy (non-hydrogen) atoms. The minimum absolute atomic E-state index is 0.0219. The van der Waals surface area contributed by atoms with E-state index >= 15 is 0 Å². The number of hydrogen-bond acceptors (Lipinski definition) is 19. The van der Waals surface area contributed by atoms with E-state index < -0.39 is 177 Å². The number of primary amides is 1. The van der Waals surface area contributed by atoms with Crippen LogP contribution in [0.5, 0.6) is 0 Å². The molecule has 0 aromatic heterocycles. The zero-order valence-electron chi connectivity index (χ0n) is 42.8. The SMILES string of the molecule is CC(=O)O[C@@H]1[C@@H](OC(C)=O)[C@H](C)O[C@@H](OC2C[C@@H](C(=O)O)N(C(=O)[C@H](Cc3ccccc3)NC(=O)[C@H](CC(=O)O)NC(=O)CNC(=O)[C@H](CCCN=C(N)N)NC(=O)[C@@H]3CCCN3C(=O)[C@@H](N)CC(N)=O)C2)[C@@H]1OC(C)=O. The van der Waals surface area contributed by atoms with E-state index in [9.17, 15) is 67.7 Å². The number of esters is 3. The Kier molecular flexibility index (Phi) is 23.0. The normalized spacial score (nSPS) is 23.3. The van der Waals surface area contributed by atoms with Gasteiger partial charge in [0.2, 0.25) is 41.4 Å². The van der Waals surface area contributed by atoms with Gasteiger partial charge in [-0.25, -0.2) is 4.79 Å². The summed E-state index contributed by atoms with van der Waals surface area (Å²) in [6, 6.07) is -0.812. The first-order valence-electron chi connectivity index (χ1n) is 24.4. The Hall–Kier alpha value is -7.99. The molecule has 3 heterocycles. The Labute approximate surface area is 440 Å². The number of carboxylic acid groups (broad SMARTS) is 2. The number of nitrogens with one attached hydrogen (secondary N) is 4. The minimum Gasteiger partial charge on any atom is -0.481 e. The molecule has 424 valence electrons. The molecular weight excluding hydrogens is 1020 g/mol. The van der Waals surface area contributed by atoms with Gasteiger partial charge in [-0.15, -0.1) is 0 Å². The Morgan fingerprint density at radius 1 is 0.766 bits per heavy atom. The van der Waals surface area contributed by atoms with E-state index in [0.29, 0.717) is 12.0 Å². The van der Waals surface area contributed by atoms with Gasteiger partial charge in [0.1, 0.15) is 30.2 Å². The Balaban J connectivity index is 1.52. The van der Waals surface area contributed by atoms with Crippen LogP contribution in [0.3, 0.4) is 0 Å². The molecule has 3 aliphatic heterocycles. The topological polar surface area (TPSA) is 462 Å². The van der Waals surface area contributed by atoms with E-state index in [1.54, 1.807) is 30.3 Å². The van der Waals surface area contributed by atoms with Crippen molar-refractivity contribution in [3.05, 3.63) is 35.9 Å². The number of likely N-dealkylation sites (tertiary alicyclic amines) is 2. The van der Waals surface area contributed by atoms with Crippen LogP contribution in [0.1, 0.15) is 78.2 Å². The molecule has 3 aliphatic rings. The highest BCUT2D eigenvalue weighted by atomic mass is 16.7. The van der Waals surface area contributed by atoms with Gasteiger partial charge < -0.3 is 87.9 Å². The molecule has 1 aromatic rings. The van der Waals surface area contributed by atoms with Gasteiger partial charge in [0.15, 0.2) is 30.6 Å². The van der Waals surface area contributed by atoms with E-state index in [1.165, 1.54) is 11.8 Å². The summed E-state index contributed by atoms with van der Waals surface area (Å²) in [5.74, 6) is -12.4. The predicted octanol–water partition coefficient (Wildman–Crippen LogP) is -4.87. The lowest BCUT2D eigenvalue weighted by atomic mass is 9.98. The first-order chi connectivity index (χ1) is 36.2. The van der Waals surface area contributed by atoms with Crippen molar-refractivity contribution in [3.63, 3.8) is 0 Å². The standard InChI is InChI=1S/C47H67N11O19/c1-22-37(74-23(2)59)38(75-24(3)60)39(76-25(4)61)46(73-22)77-27-17-33(45(71)72)58(21-27)44(70)31(16-26-10-6-5-7-11-26)56-41(67)30(19-36(64)65)54-35(63)20-53-40(66)29(12-8-14-52-47(50)51)55-42(68)32-13-9-15-57(32)43(69)28(48)18-34(49)62/h5-7,10-11,22,27-33,37-39,46H,8-9,12-21,48H2,1-4H3,(H2,49,62)(H,53,66)(H,54,63)(H,55,68)(H,56,67)(H,64,65)(H,71,72)(H4,50,51,52)/t22-,27?,28-,29-,30-,31-,32-,33-,37-,38+,39+,46-/m0/s1. The first kappa shape index (κ1) is 61.6. The summed E-state index contributed by atoms with van der Waals surface area (Å²) in [6.45, 7) is 3.42. The number of hydrogen-bond donors (Lipinski definition) is 10. The van der Waals surface area contributed by atoms with Gasteiger partial charge in [0.25, 0.3) is 0 Å². The fourth-order valence-electron chi connectivity index (χ4n) is 8.95. The highest BCUT2D eigenvalue weighted by Crippen LogP contribution is 2.33. The average molecular weight is 1090 g/mol. The molecule has 0 spiro atoms. The van der Waals surface area contributed by atoms with Gasteiger partial charge in [-0.1, -0.05) is 30.3 Å². The number of nitrogens with two attached hydrogens (primary N) is 4. The summed E-state index contributed by atoms with van der Waals surface area (Å²) in [5, 5.41) is 29.8. The van der Waals surface area contributed by atoms with Gasteiger partial charge in [-0.2, -0.15) is 0 Å². The maximum atomic E-state index is 14.6. The summed E-state index contributed by atoms with van der Waals surface area (Å²) in [4.78, 5) is 161. The quantitative estimate of drug-likeness (QED) is 0.0137. The molecule has 14 N–H and O–H groups in total. The van der Waals surface area contributed by atoms with E-state index in [-0.39, 0.29) is 44.7 Å². The number of aliphatic imine (C=N–C) groups is 1. The third kappa shape index (κ3) is 18.7. The second-order valence-electron chi connectivity index (χ2n) is 18.4. The van der Waals surface area contributed by atoms with Gasteiger partial charge in [-0.05, 0) is 38.2 Å². The molecule has 30 heteroatoms. The average Bonchev–Trinajstić information content (AvgIpc) is 4.01. The van der Waals surface area contributed by atoms with E-state index in [0.717, 1.165) is 25.7 Å². The smallest absolute Gasteiger partial charge is 0.326 e. The molecule has 3 saturated heterocycles. The lowest BCUT2D eigenvalue weighted by Gasteiger charge is -2.44. The lowest BCUT2D eigenvalue weighted by Crippen LogP contribution is -2.61. The Bertz CT molecular complexity index is 2390. The molecule has 1 unspecified atom stereocenters. The number of amides is 7.